The van der Waals surface area contributed by atoms with E-state index in [1.165, 1.54) is 26.4 Å². The SMILES string of the molecule is COC(=O)[C@H]1C(=O)[C@@]2(NC34CC5CC(CC(C5)C3)C4)c3c(C)cc(C)cc3O[C@@]2(c2ccc(C)cc2)[C@@H]1c1ccccc1. The zero-order valence-electron chi connectivity index (χ0n) is 25.6. The van der Waals surface area contributed by atoms with Crippen LogP contribution in [0.15, 0.2) is 66.7 Å². The number of rotatable bonds is 5. The number of nitrogens with one attached hydrogen (secondary N) is 1. The lowest BCUT2D eigenvalue weighted by Gasteiger charge is -2.60. The van der Waals surface area contributed by atoms with Crippen LogP contribution in [0.2, 0.25) is 0 Å². The second-order valence-electron chi connectivity index (χ2n) is 14.5. The van der Waals surface area contributed by atoms with E-state index in [1.54, 1.807) is 0 Å². The fourth-order valence-corrected chi connectivity index (χ4v) is 10.7. The Labute approximate surface area is 254 Å². The van der Waals surface area contributed by atoms with Crippen molar-refractivity contribution >= 4 is 11.8 Å². The first-order valence-corrected chi connectivity index (χ1v) is 16.0. The standard InChI is InChI=1S/C38H41NO4/c1-22-10-12-29(13-11-22)38-33(28-8-6-5-7-9-28)31(35(41)42-4)34(40)37(38,32-24(3)14-23(2)15-30(32)43-38)39-36-19-25-16-26(20-36)18-27(17-25)21-36/h5-15,25-27,31,33,39H,16-21H2,1-4H3/t25?,26?,27?,31-,33-,36?,37+,38+/m1/s1. The van der Waals surface area contributed by atoms with Gasteiger partial charge in [-0.15, -0.1) is 0 Å². The third-order valence-electron chi connectivity index (χ3n) is 11.7. The molecule has 1 N–H and O–H groups in total. The van der Waals surface area contributed by atoms with E-state index < -0.39 is 28.9 Å². The Kier molecular flexibility index (Phi) is 5.86. The van der Waals surface area contributed by atoms with Crippen molar-refractivity contribution < 1.29 is 19.1 Å². The number of methoxy groups -OCH3 is 1. The van der Waals surface area contributed by atoms with E-state index in [2.05, 4.69) is 62.5 Å². The molecule has 0 spiro atoms. The molecule has 3 aromatic carbocycles. The normalized spacial score (nSPS) is 36.7. The lowest BCUT2D eigenvalue weighted by atomic mass is 9.52. The molecular weight excluding hydrogens is 534 g/mol. The highest BCUT2D eigenvalue weighted by atomic mass is 16.5. The molecule has 0 amide bonds. The number of carbonyl (C=O) groups is 2. The van der Waals surface area contributed by atoms with Gasteiger partial charge in [-0.3, -0.25) is 14.9 Å². The number of Topliss-reactive ketones (excluding diaryl/α,β-unsaturated/α-hetero) is 1. The molecule has 222 valence electrons. The van der Waals surface area contributed by atoms with Crippen molar-refractivity contribution in [2.75, 3.05) is 7.11 Å². The maximum Gasteiger partial charge on any atom is 0.317 e. The van der Waals surface area contributed by atoms with Gasteiger partial charge in [-0.05, 0) is 105 Å². The largest absolute Gasteiger partial charge is 0.479 e. The molecule has 4 atom stereocenters. The molecule has 3 aromatic rings. The van der Waals surface area contributed by atoms with Crippen LogP contribution in [0.5, 0.6) is 5.75 Å². The zero-order chi connectivity index (χ0) is 29.7. The average molecular weight is 576 g/mol. The molecule has 1 aliphatic heterocycles. The van der Waals surface area contributed by atoms with E-state index in [0.717, 1.165) is 58.4 Å². The van der Waals surface area contributed by atoms with Crippen LogP contribution >= 0.6 is 0 Å². The minimum atomic E-state index is -1.26. The van der Waals surface area contributed by atoms with Gasteiger partial charge < -0.3 is 9.47 Å². The smallest absolute Gasteiger partial charge is 0.317 e. The molecule has 6 aliphatic rings. The Morgan fingerprint density at radius 1 is 0.860 bits per heavy atom. The predicted molar refractivity (Wildman–Crippen MR) is 165 cm³/mol. The summed E-state index contributed by atoms with van der Waals surface area (Å²) in [5.74, 6) is 0.547. The summed E-state index contributed by atoms with van der Waals surface area (Å²) < 4.78 is 12.8. The highest BCUT2D eigenvalue weighted by molar-refractivity contribution is 6.10. The maximum atomic E-state index is 15.6. The minimum Gasteiger partial charge on any atom is -0.479 e. The third-order valence-corrected chi connectivity index (χ3v) is 11.7. The Bertz CT molecular complexity index is 1590. The second kappa shape index (κ2) is 9.28. The highest BCUT2D eigenvalue weighted by Gasteiger charge is 2.79. The molecule has 1 heterocycles. The van der Waals surface area contributed by atoms with Crippen molar-refractivity contribution in [1.82, 2.24) is 5.32 Å². The van der Waals surface area contributed by atoms with Gasteiger partial charge in [-0.25, -0.2) is 0 Å². The van der Waals surface area contributed by atoms with Crippen molar-refractivity contribution in [3.05, 3.63) is 100 Å². The summed E-state index contributed by atoms with van der Waals surface area (Å²) in [5, 5.41) is 4.25. The molecule has 5 saturated carbocycles. The van der Waals surface area contributed by atoms with Crippen molar-refractivity contribution in [3.8, 4) is 5.75 Å². The third kappa shape index (κ3) is 3.61. The van der Waals surface area contributed by atoms with Crippen molar-refractivity contribution in [2.45, 2.75) is 81.9 Å². The number of esters is 1. The monoisotopic (exact) mass is 575 g/mol. The van der Waals surface area contributed by atoms with Gasteiger partial charge >= 0.3 is 5.97 Å². The van der Waals surface area contributed by atoms with Crippen LogP contribution in [0.1, 0.15) is 77.8 Å². The van der Waals surface area contributed by atoms with E-state index in [4.69, 9.17) is 9.47 Å². The van der Waals surface area contributed by atoms with E-state index in [-0.39, 0.29) is 11.3 Å². The summed E-state index contributed by atoms with van der Waals surface area (Å²) >= 11 is 0. The van der Waals surface area contributed by atoms with E-state index in [9.17, 15) is 4.79 Å². The molecule has 9 rings (SSSR count). The lowest BCUT2D eigenvalue weighted by Crippen LogP contribution is -2.70. The summed E-state index contributed by atoms with van der Waals surface area (Å²) in [4.78, 5) is 29.5. The minimum absolute atomic E-state index is 0.129. The summed E-state index contributed by atoms with van der Waals surface area (Å²) in [6.07, 6.45) is 7.10. The number of aryl methyl sites for hydroxylation is 3. The van der Waals surface area contributed by atoms with Crippen LogP contribution in [-0.4, -0.2) is 24.4 Å². The van der Waals surface area contributed by atoms with Crippen molar-refractivity contribution in [2.24, 2.45) is 23.7 Å². The number of fused-ring (bicyclic) bond motifs is 3. The van der Waals surface area contributed by atoms with Gasteiger partial charge in [0, 0.05) is 11.1 Å². The Morgan fingerprint density at radius 2 is 1.49 bits per heavy atom. The fourth-order valence-electron chi connectivity index (χ4n) is 10.7. The van der Waals surface area contributed by atoms with Gasteiger partial charge in [0.15, 0.2) is 16.9 Å². The van der Waals surface area contributed by atoms with E-state index in [1.807, 2.05) is 30.3 Å². The Morgan fingerprint density at radius 3 is 2.09 bits per heavy atom. The first-order chi connectivity index (χ1) is 20.7. The number of hydrogen-bond donors (Lipinski definition) is 1. The van der Waals surface area contributed by atoms with Crippen LogP contribution in [0.4, 0.5) is 0 Å². The van der Waals surface area contributed by atoms with Crippen LogP contribution in [0.25, 0.3) is 0 Å². The first kappa shape index (κ1) is 27.1. The van der Waals surface area contributed by atoms with Crippen molar-refractivity contribution in [3.63, 3.8) is 0 Å². The first-order valence-electron chi connectivity index (χ1n) is 16.0. The van der Waals surface area contributed by atoms with Gasteiger partial charge in [0.1, 0.15) is 11.7 Å². The number of ketones is 1. The molecule has 0 unspecified atom stereocenters. The summed E-state index contributed by atoms with van der Waals surface area (Å²) in [7, 11) is 1.40. The van der Waals surface area contributed by atoms with Crippen LogP contribution < -0.4 is 10.1 Å². The van der Waals surface area contributed by atoms with Gasteiger partial charge in [0.05, 0.1) is 13.0 Å². The zero-order valence-corrected chi connectivity index (χ0v) is 25.6. The van der Waals surface area contributed by atoms with Crippen LogP contribution in [-0.2, 0) is 25.5 Å². The second-order valence-corrected chi connectivity index (χ2v) is 14.5. The number of ether oxygens (including phenoxy) is 2. The van der Waals surface area contributed by atoms with Gasteiger partial charge in [0.25, 0.3) is 0 Å². The number of hydrogen-bond acceptors (Lipinski definition) is 5. The molecule has 4 bridgehead atoms. The molecule has 5 aliphatic carbocycles. The Balaban J connectivity index is 1.46. The maximum absolute atomic E-state index is 15.6. The van der Waals surface area contributed by atoms with Crippen LogP contribution in [0, 0.1) is 44.4 Å². The van der Waals surface area contributed by atoms with E-state index in [0.29, 0.717) is 17.8 Å². The number of carbonyl (C=O) groups excluding carboxylic acids is 2. The summed E-state index contributed by atoms with van der Waals surface area (Å²) in [6, 6.07) is 22.7. The lowest BCUT2D eigenvalue weighted by molar-refractivity contribution is -0.150. The number of benzene rings is 3. The average Bonchev–Trinajstić information content (AvgIpc) is 3.36. The topological polar surface area (TPSA) is 64.6 Å². The molecule has 5 fully saturated rings. The van der Waals surface area contributed by atoms with E-state index >= 15 is 4.79 Å². The van der Waals surface area contributed by atoms with Crippen LogP contribution in [0.3, 0.4) is 0 Å². The molecular formula is C38H41NO4. The van der Waals surface area contributed by atoms with Crippen molar-refractivity contribution in [1.29, 1.82) is 0 Å². The molecule has 43 heavy (non-hydrogen) atoms. The summed E-state index contributed by atoms with van der Waals surface area (Å²) in [6.45, 7) is 6.25. The molecule has 0 aromatic heterocycles. The predicted octanol–water partition coefficient (Wildman–Crippen LogP) is 6.81. The van der Waals surface area contributed by atoms with Gasteiger partial charge in [-0.1, -0.05) is 66.2 Å². The fraction of sp³-hybridized carbons (Fsp3) is 0.474. The van der Waals surface area contributed by atoms with Gasteiger partial charge in [-0.2, -0.15) is 0 Å². The molecule has 5 heteroatoms. The quantitative estimate of drug-likeness (QED) is 0.268. The Hall–Kier alpha value is -3.44. The molecule has 0 saturated heterocycles. The summed E-state index contributed by atoms with van der Waals surface area (Å²) in [5.41, 5.74) is 3.32. The molecule has 0 radical (unpaired) electrons. The highest BCUT2D eigenvalue weighted by Crippen LogP contribution is 2.69. The molecule has 5 nitrogen and oxygen atoms in total. The van der Waals surface area contributed by atoms with Gasteiger partial charge in [0.2, 0.25) is 0 Å².